The van der Waals surface area contributed by atoms with E-state index in [1.54, 1.807) is 0 Å². The molecule has 0 aliphatic carbocycles. The van der Waals surface area contributed by atoms with Crippen LogP contribution in [0.2, 0.25) is 0 Å². The molecule has 0 heterocycles. The van der Waals surface area contributed by atoms with E-state index in [9.17, 15) is 0 Å². The van der Waals surface area contributed by atoms with Crippen LogP contribution in [0.5, 0.6) is 0 Å². The Hall–Kier alpha value is -0.810. The first kappa shape index (κ1) is 9.19. The predicted octanol–water partition coefficient (Wildman–Crippen LogP) is -2.13. The Morgan fingerprint density at radius 3 is 2.40 bits per heavy atom. The van der Waals surface area contributed by atoms with Gasteiger partial charge in [0.15, 0.2) is 5.96 Å². The van der Waals surface area contributed by atoms with E-state index in [1.165, 1.54) is 7.05 Å². The summed E-state index contributed by atoms with van der Waals surface area (Å²) >= 11 is 0. The second-order valence-electron chi connectivity index (χ2n) is 1.82. The molecule has 0 rings (SSSR count). The molecule has 0 fully saturated rings. The molecule has 0 spiro atoms. The van der Waals surface area contributed by atoms with Crippen molar-refractivity contribution in [2.24, 2.45) is 10.7 Å². The summed E-state index contributed by atoms with van der Waals surface area (Å²) in [6, 6.07) is -0.413. The molecule has 5 nitrogen and oxygen atoms in total. The van der Waals surface area contributed by atoms with Gasteiger partial charge in [-0.2, -0.15) is 0 Å². The zero-order chi connectivity index (χ0) is 7.98. The lowest BCUT2D eigenvalue weighted by Gasteiger charge is -2.12. The number of guanidine groups is 1. The smallest absolute Gasteiger partial charge is 0.188 e. The normalized spacial score (nSPS) is 12.2. The van der Waals surface area contributed by atoms with Gasteiger partial charge in [0, 0.05) is 7.05 Å². The number of hydrogen-bond donors (Lipinski definition) is 4. The maximum absolute atomic E-state index is 8.54. The first-order valence-corrected chi connectivity index (χ1v) is 2.95. The third-order valence-corrected chi connectivity index (χ3v) is 1.03. The number of aliphatic hydroxyl groups excluding tert-OH is 2. The van der Waals surface area contributed by atoms with E-state index in [1.807, 2.05) is 0 Å². The largest absolute Gasteiger partial charge is 0.394 e. The van der Waals surface area contributed by atoms with Gasteiger partial charge >= 0.3 is 0 Å². The maximum atomic E-state index is 8.54. The quantitative estimate of drug-likeness (QED) is 0.271. The van der Waals surface area contributed by atoms with Crippen molar-refractivity contribution in [2.75, 3.05) is 20.3 Å². The van der Waals surface area contributed by atoms with E-state index in [0.717, 1.165) is 0 Å². The van der Waals surface area contributed by atoms with Crippen molar-refractivity contribution >= 4 is 5.96 Å². The lowest BCUT2D eigenvalue weighted by Crippen LogP contribution is -2.44. The minimum absolute atomic E-state index is 0.160. The molecule has 0 aliphatic heterocycles. The van der Waals surface area contributed by atoms with E-state index >= 15 is 0 Å². The van der Waals surface area contributed by atoms with E-state index in [-0.39, 0.29) is 19.2 Å². The maximum Gasteiger partial charge on any atom is 0.188 e. The second kappa shape index (κ2) is 5.01. The molecular weight excluding hydrogens is 134 g/mol. The highest BCUT2D eigenvalue weighted by atomic mass is 16.3. The van der Waals surface area contributed by atoms with Gasteiger partial charge in [0.05, 0.1) is 19.3 Å². The Morgan fingerprint density at radius 1 is 1.60 bits per heavy atom. The van der Waals surface area contributed by atoms with Gasteiger partial charge in [-0.25, -0.2) is 0 Å². The third-order valence-electron chi connectivity index (χ3n) is 1.03. The molecule has 0 unspecified atom stereocenters. The number of aliphatic hydroxyl groups is 2. The summed E-state index contributed by atoms with van der Waals surface area (Å²) in [6.45, 7) is -0.320. The zero-order valence-electron chi connectivity index (χ0n) is 5.91. The number of nitrogens with two attached hydrogens (primary N) is 1. The average Bonchev–Trinajstić information content (AvgIpc) is 1.99. The Balaban J connectivity index is 3.63. The molecule has 5 heteroatoms. The molecule has 0 saturated carbocycles. The van der Waals surface area contributed by atoms with E-state index < -0.39 is 6.04 Å². The molecule has 0 aromatic heterocycles. The monoisotopic (exact) mass is 147 g/mol. The van der Waals surface area contributed by atoms with Crippen LogP contribution < -0.4 is 11.1 Å². The lowest BCUT2D eigenvalue weighted by atomic mass is 10.3. The predicted molar refractivity (Wildman–Crippen MR) is 38.6 cm³/mol. The van der Waals surface area contributed by atoms with Crippen LogP contribution in [0.25, 0.3) is 0 Å². The number of aliphatic imine (C=N–C) groups is 1. The molecule has 0 amide bonds. The summed E-state index contributed by atoms with van der Waals surface area (Å²) in [5.74, 6) is 0.216. The van der Waals surface area contributed by atoms with Crippen molar-refractivity contribution in [3.05, 3.63) is 0 Å². The molecule has 10 heavy (non-hydrogen) atoms. The first-order chi connectivity index (χ1) is 4.74. The number of hydrogen-bond acceptors (Lipinski definition) is 3. The fraction of sp³-hybridized carbons (Fsp3) is 0.800. The summed E-state index contributed by atoms with van der Waals surface area (Å²) in [4.78, 5) is 3.59. The number of nitrogens with one attached hydrogen (secondary N) is 1. The van der Waals surface area contributed by atoms with Gasteiger partial charge in [-0.15, -0.1) is 0 Å². The van der Waals surface area contributed by atoms with Gasteiger partial charge in [0.25, 0.3) is 0 Å². The minimum atomic E-state index is -0.413. The van der Waals surface area contributed by atoms with Crippen LogP contribution in [-0.2, 0) is 0 Å². The second-order valence-corrected chi connectivity index (χ2v) is 1.82. The molecule has 60 valence electrons. The highest BCUT2D eigenvalue weighted by Gasteiger charge is 2.03. The fourth-order valence-electron chi connectivity index (χ4n) is 0.423. The lowest BCUT2D eigenvalue weighted by molar-refractivity contribution is 0.183. The van der Waals surface area contributed by atoms with Crippen LogP contribution in [0.1, 0.15) is 0 Å². The summed E-state index contributed by atoms with van der Waals surface area (Å²) in [5.41, 5.74) is 5.24. The van der Waals surface area contributed by atoms with E-state index in [2.05, 4.69) is 10.3 Å². The van der Waals surface area contributed by atoms with Crippen LogP contribution in [0.4, 0.5) is 0 Å². The summed E-state index contributed by atoms with van der Waals surface area (Å²) < 4.78 is 0. The molecule has 0 bridgehead atoms. The van der Waals surface area contributed by atoms with Gasteiger partial charge in [-0.05, 0) is 0 Å². The van der Waals surface area contributed by atoms with Crippen LogP contribution in [0, 0.1) is 0 Å². The molecule has 0 saturated heterocycles. The highest BCUT2D eigenvalue weighted by molar-refractivity contribution is 5.77. The van der Waals surface area contributed by atoms with Crippen molar-refractivity contribution in [3.63, 3.8) is 0 Å². The SMILES string of the molecule is CN=C(N)NC(CO)CO. The molecule has 0 aromatic carbocycles. The van der Waals surface area contributed by atoms with E-state index in [4.69, 9.17) is 15.9 Å². The summed E-state index contributed by atoms with van der Waals surface area (Å²) in [5, 5.41) is 19.7. The van der Waals surface area contributed by atoms with Gasteiger partial charge in [-0.1, -0.05) is 0 Å². The van der Waals surface area contributed by atoms with Gasteiger partial charge in [0.2, 0.25) is 0 Å². The van der Waals surface area contributed by atoms with Crippen molar-refractivity contribution in [1.82, 2.24) is 5.32 Å². The molecule has 0 atom stereocenters. The Kier molecular flexibility index (Phi) is 4.61. The number of nitrogens with zero attached hydrogens (tertiary/aromatic N) is 1. The van der Waals surface area contributed by atoms with Crippen molar-refractivity contribution in [2.45, 2.75) is 6.04 Å². The summed E-state index contributed by atoms with van der Waals surface area (Å²) in [7, 11) is 1.52. The van der Waals surface area contributed by atoms with Crippen molar-refractivity contribution < 1.29 is 10.2 Å². The Labute approximate surface area is 59.6 Å². The van der Waals surface area contributed by atoms with Crippen LogP contribution in [0.15, 0.2) is 4.99 Å². The van der Waals surface area contributed by atoms with Crippen molar-refractivity contribution in [1.29, 1.82) is 0 Å². The highest BCUT2D eigenvalue weighted by Crippen LogP contribution is 1.76. The molecule has 0 radical (unpaired) electrons. The fourth-order valence-corrected chi connectivity index (χ4v) is 0.423. The third kappa shape index (κ3) is 3.26. The molecule has 0 aliphatic rings. The summed E-state index contributed by atoms with van der Waals surface area (Å²) in [6.07, 6.45) is 0. The van der Waals surface area contributed by atoms with Gasteiger partial charge < -0.3 is 21.3 Å². The standard InChI is InChI=1S/C5H13N3O2/c1-7-5(6)8-4(2-9)3-10/h4,9-10H,2-3H2,1H3,(H3,6,7,8). The van der Waals surface area contributed by atoms with E-state index in [0.29, 0.717) is 0 Å². The van der Waals surface area contributed by atoms with Gasteiger partial charge in [0.1, 0.15) is 0 Å². The molecular formula is C5H13N3O2. The average molecular weight is 147 g/mol. The van der Waals surface area contributed by atoms with Crippen molar-refractivity contribution in [3.8, 4) is 0 Å². The molecule has 0 aromatic rings. The van der Waals surface area contributed by atoms with Crippen LogP contribution in [-0.4, -0.2) is 42.5 Å². The zero-order valence-corrected chi connectivity index (χ0v) is 5.91. The Bertz CT molecular complexity index is 111. The Morgan fingerprint density at radius 2 is 2.10 bits per heavy atom. The topological polar surface area (TPSA) is 90.9 Å². The van der Waals surface area contributed by atoms with Gasteiger partial charge in [-0.3, -0.25) is 4.99 Å². The number of rotatable bonds is 3. The molecule has 5 N–H and O–H groups in total. The first-order valence-electron chi connectivity index (χ1n) is 2.95. The minimum Gasteiger partial charge on any atom is -0.394 e. The van der Waals surface area contributed by atoms with Crippen LogP contribution in [0.3, 0.4) is 0 Å². The van der Waals surface area contributed by atoms with Crippen LogP contribution >= 0.6 is 0 Å².